The van der Waals surface area contributed by atoms with Crippen LogP contribution >= 0.6 is 0 Å². The van der Waals surface area contributed by atoms with E-state index in [2.05, 4.69) is 15.3 Å². The Morgan fingerprint density at radius 3 is 2.65 bits per heavy atom. The van der Waals surface area contributed by atoms with Crippen molar-refractivity contribution in [2.75, 3.05) is 11.1 Å². The lowest BCUT2D eigenvalue weighted by atomic mass is 10.2. The van der Waals surface area contributed by atoms with Gasteiger partial charge >= 0.3 is 0 Å². The lowest BCUT2D eigenvalue weighted by Crippen LogP contribution is -2.12. The summed E-state index contributed by atoms with van der Waals surface area (Å²) in [4.78, 5) is 19.3. The maximum Gasteiger partial charge on any atom is 0.258 e. The summed E-state index contributed by atoms with van der Waals surface area (Å²) in [7, 11) is 0. The van der Waals surface area contributed by atoms with Gasteiger partial charge < -0.3 is 11.1 Å². The zero-order chi connectivity index (χ0) is 12.3. The highest BCUT2D eigenvalue weighted by atomic mass is 16.1. The average Bonchev–Trinajstić information content (AvgIpc) is 2.35. The first kappa shape index (κ1) is 11.1. The van der Waals surface area contributed by atoms with Gasteiger partial charge in [0.25, 0.3) is 5.91 Å². The molecule has 0 saturated heterocycles. The van der Waals surface area contributed by atoms with Gasteiger partial charge in [-0.2, -0.15) is 0 Å². The van der Waals surface area contributed by atoms with Gasteiger partial charge in [-0.3, -0.25) is 4.79 Å². The van der Waals surface area contributed by atoms with Gasteiger partial charge in [0.1, 0.15) is 6.33 Å². The molecular formula is C12H12N4O. The first-order valence-corrected chi connectivity index (χ1v) is 5.09. The van der Waals surface area contributed by atoms with Crippen LogP contribution in [0.1, 0.15) is 15.9 Å². The molecule has 0 bridgehead atoms. The fraction of sp³-hybridized carbons (Fsp3) is 0.0833. The van der Waals surface area contributed by atoms with Crippen molar-refractivity contribution in [3.63, 3.8) is 0 Å². The van der Waals surface area contributed by atoms with Crippen LogP contribution in [0.15, 0.2) is 36.9 Å². The molecular weight excluding hydrogens is 216 g/mol. The molecule has 0 unspecified atom stereocenters. The van der Waals surface area contributed by atoms with E-state index in [1.165, 1.54) is 18.7 Å². The van der Waals surface area contributed by atoms with Crippen LogP contribution in [0.4, 0.5) is 11.4 Å². The topological polar surface area (TPSA) is 80.9 Å². The molecule has 0 radical (unpaired) electrons. The summed E-state index contributed by atoms with van der Waals surface area (Å²) in [6.07, 6.45) is 4.29. The average molecular weight is 228 g/mol. The number of benzene rings is 1. The van der Waals surface area contributed by atoms with Gasteiger partial charge in [-0.05, 0) is 24.6 Å². The number of carbonyl (C=O) groups excluding carboxylic acids is 1. The van der Waals surface area contributed by atoms with Gasteiger partial charge in [0.2, 0.25) is 0 Å². The monoisotopic (exact) mass is 228 g/mol. The molecule has 0 aliphatic heterocycles. The minimum atomic E-state index is -0.256. The van der Waals surface area contributed by atoms with Gasteiger partial charge in [-0.1, -0.05) is 6.07 Å². The Hall–Kier alpha value is -2.43. The SMILES string of the molecule is Cc1ccc(NC(=O)c2cncnc2)cc1N. The Balaban J connectivity index is 2.16. The van der Waals surface area contributed by atoms with Crippen LogP contribution in [0.2, 0.25) is 0 Å². The number of aromatic nitrogens is 2. The van der Waals surface area contributed by atoms with Crippen LogP contribution in [-0.4, -0.2) is 15.9 Å². The van der Waals surface area contributed by atoms with E-state index in [1.807, 2.05) is 13.0 Å². The van der Waals surface area contributed by atoms with Crippen LogP contribution in [0.3, 0.4) is 0 Å². The van der Waals surface area contributed by atoms with Crippen molar-refractivity contribution in [3.05, 3.63) is 48.0 Å². The third-order valence-corrected chi connectivity index (χ3v) is 2.36. The van der Waals surface area contributed by atoms with Crippen molar-refractivity contribution in [2.45, 2.75) is 6.92 Å². The third kappa shape index (κ3) is 2.57. The van der Waals surface area contributed by atoms with E-state index < -0.39 is 0 Å². The predicted molar refractivity (Wildman–Crippen MR) is 65.6 cm³/mol. The Morgan fingerprint density at radius 1 is 1.29 bits per heavy atom. The third-order valence-electron chi connectivity index (χ3n) is 2.36. The molecule has 86 valence electrons. The van der Waals surface area contributed by atoms with Gasteiger partial charge in [0.15, 0.2) is 0 Å². The Morgan fingerprint density at radius 2 is 2.00 bits per heavy atom. The molecule has 1 amide bonds. The fourth-order valence-corrected chi connectivity index (χ4v) is 1.34. The second-order valence-corrected chi connectivity index (χ2v) is 3.65. The van der Waals surface area contributed by atoms with E-state index in [-0.39, 0.29) is 5.91 Å². The van der Waals surface area contributed by atoms with Crippen LogP contribution < -0.4 is 11.1 Å². The molecule has 1 heterocycles. The summed E-state index contributed by atoms with van der Waals surface area (Å²) in [5, 5.41) is 2.73. The Bertz CT molecular complexity index is 539. The predicted octanol–water partition coefficient (Wildman–Crippen LogP) is 1.62. The summed E-state index contributed by atoms with van der Waals surface area (Å²) in [5.74, 6) is -0.256. The van der Waals surface area contributed by atoms with Crippen molar-refractivity contribution in [1.29, 1.82) is 0 Å². The molecule has 5 heteroatoms. The molecule has 0 aliphatic rings. The Kier molecular flexibility index (Phi) is 3.00. The van der Waals surface area contributed by atoms with Crippen LogP contribution in [0, 0.1) is 6.92 Å². The molecule has 1 aromatic carbocycles. The molecule has 3 N–H and O–H groups in total. The van der Waals surface area contributed by atoms with Gasteiger partial charge in [0, 0.05) is 23.8 Å². The highest BCUT2D eigenvalue weighted by Crippen LogP contribution is 2.17. The molecule has 5 nitrogen and oxygen atoms in total. The summed E-state index contributed by atoms with van der Waals surface area (Å²) < 4.78 is 0. The number of nitrogens with two attached hydrogens (primary N) is 1. The molecule has 0 aliphatic carbocycles. The quantitative estimate of drug-likeness (QED) is 0.765. The standard InChI is InChI=1S/C12H12N4O/c1-8-2-3-10(4-11(8)13)16-12(17)9-5-14-7-15-6-9/h2-7H,13H2,1H3,(H,16,17). The zero-order valence-electron chi connectivity index (χ0n) is 9.34. The number of rotatable bonds is 2. The molecule has 17 heavy (non-hydrogen) atoms. The summed E-state index contributed by atoms with van der Waals surface area (Å²) in [6.45, 7) is 1.91. The van der Waals surface area contributed by atoms with Crippen LogP contribution in [-0.2, 0) is 0 Å². The number of nitrogens with one attached hydrogen (secondary N) is 1. The highest BCUT2D eigenvalue weighted by molar-refractivity contribution is 6.04. The second-order valence-electron chi connectivity index (χ2n) is 3.65. The normalized spacial score (nSPS) is 9.94. The first-order chi connectivity index (χ1) is 8.16. The number of hydrogen-bond acceptors (Lipinski definition) is 4. The van der Waals surface area contributed by atoms with Crippen LogP contribution in [0.25, 0.3) is 0 Å². The molecule has 0 saturated carbocycles. The van der Waals surface area contributed by atoms with Crippen molar-refractivity contribution in [1.82, 2.24) is 9.97 Å². The smallest absolute Gasteiger partial charge is 0.258 e. The maximum absolute atomic E-state index is 11.8. The summed E-state index contributed by atoms with van der Waals surface area (Å²) >= 11 is 0. The van der Waals surface area contributed by atoms with Crippen molar-refractivity contribution in [2.24, 2.45) is 0 Å². The molecule has 2 rings (SSSR count). The highest BCUT2D eigenvalue weighted by Gasteiger charge is 2.06. The van der Waals surface area contributed by atoms with E-state index in [4.69, 9.17) is 5.73 Å². The molecule has 0 fully saturated rings. The van der Waals surface area contributed by atoms with Gasteiger partial charge in [-0.25, -0.2) is 9.97 Å². The summed E-state index contributed by atoms with van der Waals surface area (Å²) in [5.41, 5.74) is 8.45. The lowest BCUT2D eigenvalue weighted by Gasteiger charge is -2.06. The second kappa shape index (κ2) is 4.61. The number of amides is 1. The van der Waals surface area contributed by atoms with Crippen molar-refractivity contribution < 1.29 is 4.79 Å². The van der Waals surface area contributed by atoms with E-state index in [0.29, 0.717) is 16.9 Å². The summed E-state index contributed by atoms with van der Waals surface area (Å²) in [6, 6.07) is 5.37. The minimum absolute atomic E-state index is 0.256. The van der Waals surface area contributed by atoms with Gasteiger partial charge in [0.05, 0.1) is 5.56 Å². The fourth-order valence-electron chi connectivity index (χ4n) is 1.34. The van der Waals surface area contributed by atoms with Crippen molar-refractivity contribution >= 4 is 17.3 Å². The molecule has 2 aromatic rings. The molecule has 0 atom stereocenters. The number of carbonyl (C=O) groups is 1. The van der Waals surface area contributed by atoms with E-state index in [1.54, 1.807) is 12.1 Å². The zero-order valence-corrected chi connectivity index (χ0v) is 9.34. The Labute approximate surface area is 98.7 Å². The van der Waals surface area contributed by atoms with Crippen LogP contribution in [0.5, 0.6) is 0 Å². The van der Waals surface area contributed by atoms with E-state index in [9.17, 15) is 4.79 Å². The van der Waals surface area contributed by atoms with E-state index >= 15 is 0 Å². The largest absolute Gasteiger partial charge is 0.398 e. The number of nitrogen functional groups attached to an aromatic ring is 1. The maximum atomic E-state index is 11.8. The molecule has 1 aromatic heterocycles. The number of nitrogens with zero attached hydrogens (tertiary/aromatic N) is 2. The number of anilines is 2. The molecule has 0 spiro atoms. The van der Waals surface area contributed by atoms with E-state index in [0.717, 1.165) is 5.56 Å². The number of hydrogen-bond donors (Lipinski definition) is 2. The minimum Gasteiger partial charge on any atom is -0.398 e. The van der Waals surface area contributed by atoms with Gasteiger partial charge in [-0.15, -0.1) is 0 Å². The number of aryl methyl sites for hydroxylation is 1. The van der Waals surface area contributed by atoms with Crippen molar-refractivity contribution in [3.8, 4) is 0 Å². The first-order valence-electron chi connectivity index (χ1n) is 5.09. The lowest BCUT2D eigenvalue weighted by molar-refractivity contribution is 0.102.